The molecule has 2 unspecified atom stereocenters. The average Bonchev–Trinajstić information content (AvgIpc) is 2.92. The highest BCUT2D eigenvalue weighted by molar-refractivity contribution is 5.54. The Morgan fingerprint density at radius 2 is 2.30 bits per heavy atom. The summed E-state index contributed by atoms with van der Waals surface area (Å²) in [5.41, 5.74) is 2.28. The molecule has 2 heterocycles. The van der Waals surface area contributed by atoms with Crippen LogP contribution in [0.2, 0.25) is 0 Å². The number of hydrogen-bond acceptors (Lipinski definition) is 7. The van der Waals surface area contributed by atoms with E-state index in [1.165, 1.54) is 12.1 Å². The molecular weight excluding hydrogens is 262 g/mol. The highest BCUT2D eigenvalue weighted by Gasteiger charge is 2.26. The number of ether oxygens (including phenoxy) is 1. The standard InChI is InChI=1S/C12H19N5O3/c1-2-10-8(3-4-20-10)7-14-11-5-9(17(18)19)6-12(15-11)16-13/h5-6,8,10H,2-4,7,13H2,1H3,(H2,14,15,16). The van der Waals surface area contributed by atoms with Gasteiger partial charge >= 0.3 is 0 Å². The lowest BCUT2D eigenvalue weighted by Crippen LogP contribution is -2.23. The van der Waals surface area contributed by atoms with Crippen LogP contribution in [0.3, 0.4) is 0 Å². The van der Waals surface area contributed by atoms with E-state index in [9.17, 15) is 10.1 Å². The van der Waals surface area contributed by atoms with E-state index in [1.54, 1.807) is 0 Å². The first kappa shape index (κ1) is 14.5. The summed E-state index contributed by atoms with van der Waals surface area (Å²) in [4.78, 5) is 14.5. The van der Waals surface area contributed by atoms with Crippen molar-refractivity contribution >= 4 is 17.3 Å². The minimum atomic E-state index is -0.471. The molecule has 0 bridgehead atoms. The zero-order valence-corrected chi connectivity index (χ0v) is 11.3. The van der Waals surface area contributed by atoms with Crippen molar-refractivity contribution in [3.05, 3.63) is 22.2 Å². The Bertz CT molecular complexity index is 482. The van der Waals surface area contributed by atoms with E-state index in [-0.39, 0.29) is 17.6 Å². The van der Waals surface area contributed by atoms with Crippen molar-refractivity contribution in [2.75, 3.05) is 23.9 Å². The highest BCUT2D eigenvalue weighted by Crippen LogP contribution is 2.25. The normalized spacial score (nSPS) is 21.7. The van der Waals surface area contributed by atoms with Gasteiger partial charge in [-0.15, -0.1) is 0 Å². The summed E-state index contributed by atoms with van der Waals surface area (Å²) in [6.07, 6.45) is 2.19. The fraction of sp³-hybridized carbons (Fsp3) is 0.583. The van der Waals surface area contributed by atoms with Crippen LogP contribution in [-0.4, -0.2) is 29.2 Å². The molecule has 1 saturated heterocycles. The van der Waals surface area contributed by atoms with Crippen LogP contribution in [0.1, 0.15) is 19.8 Å². The molecule has 1 fully saturated rings. The lowest BCUT2D eigenvalue weighted by molar-refractivity contribution is -0.384. The molecule has 0 radical (unpaired) electrons. The summed E-state index contributed by atoms with van der Waals surface area (Å²) < 4.78 is 5.61. The maximum absolute atomic E-state index is 10.8. The van der Waals surface area contributed by atoms with Crippen LogP contribution in [0.15, 0.2) is 12.1 Å². The Balaban J connectivity index is 2.05. The second-order valence-electron chi connectivity index (χ2n) is 4.74. The van der Waals surface area contributed by atoms with E-state index < -0.39 is 4.92 Å². The third-order valence-corrected chi connectivity index (χ3v) is 3.46. The molecule has 1 aromatic heterocycles. The number of nitrogens with zero attached hydrogens (tertiary/aromatic N) is 2. The largest absolute Gasteiger partial charge is 0.378 e. The quantitative estimate of drug-likeness (QED) is 0.411. The van der Waals surface area contributed by atoms with Crippen molar-refractivity contribution < 1.29 is 9.66 Å². The van der Waals surface area contributed by atoms with Gasteiger partial charge in [-0.25, -0.2) is 10.8 Å². The molecule has 0 aromatic carbocycles. The van der Waals surface area contributed by atoms with Crippen molar-refractivity contribution in [3.8, 4) is 0 Å². The molecule has 2 atom stereocenters. The monoisotopic (exact) mass is 281 g/mol. The molecule has 2 rings (SSSR count). The van der Waals surface area contributed by atoms with Gasteiger partial charge in [0.15, 0.2) is 0 Å². The molecule has 0 aliphatic carbocycles. The van der Waals surface area contributed by atoms with Gasteiger partial charge in [-0.1, -0.05) is 6.92 Å². The number of nitrogen functional groups attached to an aromatic ring is 1. The Labute approximate surface area is 116 Å². The van der Waals surface area contributed by atoms with Crippen LogP contribution in [0.25, 0.3) is 0 Å². The van der Waals surface area contributed by atoms with Crippen LogP contribution in [0.5, 0.6) is 0 Å². The number of anilines is 2. The van der Waals surface area contributed by atoms with E-state index >= 15 is 0 Å². The van der Waals surface area contributed by atoms with Crippen LogP contribution in [-0.2, 0) is 4.74 Å². The minimum absolute atomic E-state index is 0.0508. The maximum atomic E-state index is 10.8. The van der Waals surface area contributed by atoms with Gasteiger partial charge in [-0.3, -0.25) is 10.1 Å². The van der Waals surface area contributed by atoms with Crippen LogP contribution >= 0.6 is 0 Å². The molecule has 0 spiro atoms. The van der Waals surface area contributed by atoms with Gasteiger partial charge in [0.1, 0.15) is 11.6 Å². The predicted octanol–water partition coefficient (Wildman–Crippen LogP) is 1.50. The molecule has 8 nitrogen and oxygen atoms in total. The lowest BCUT2D eigenvalue weighted by Gasteiger charge is -2.17. The van der Waals surface area contributed by atoms with Crippen molar-refractivity contribution in [3.63, 3.8) is 0 Å². The summed E-state index contributed by atoms with van der Waals surface area (Å²) in [6.45, 7) is 3.53. The van der Waals surface area contributed by atoms with Crippen molar-refractivity contribution in [2.24, 2.45) is 11.8 Å². The van der Waals surface area contributed by atoms with Gasteiger partial charge in [-0.05, 0) is 12.8 Å². The number of hydrogen-bond donors (Lipinski definition) is 3. The summed E-state index contributed by atoms with van der Waals surface area (Å²) in [6, 6.07) is 2.69. The predicted molar refractivity (Wildman–Crippen MR) is 75.3 cm³/mol. The molecule has 8 heteroatoms. The third kappa shape index (κ3) is 3.34. The van der Waals surface area contributed by atoms with Gasteiger partial charge < -0.3 is 15.5 Å². The Morgan fingerprint density at radius 3 is 2.95 bits per heavy atom. The molecule has 0 amide bonds. The fourth-order valence-corrected chi connectivity index (χ4v) is 2.40. The van der Waals surface area contributed by atoms with Gasteiger partial charge in [0.2, 0.25) is 0 Å². The van der Waals surface area contributed by atoms with E-state index in [1.807, 2.05) is 0 Å². The first-order valence-corrected chi connectivity index (χ1v) is 6.62. The Kier molecular flexibility index (Phi) is 4.70. The number of nitrogens with one attached hydrogen (secondary N) is 2. The summed E-state index contributed by atoms with van der Waals surface area (Å²) in [7, 11) is 0. The van der Waals surface area contributed by atoms with E-state index in [0.29, 0.717) is 18.3 Å². The van der Waals surface area contributed by atoms with E-state index in [0.717, 1.165) is 19.4 Å². The summed E-state index contributed by atoms with van der Waals surface area (Å²) in [5, 5.41) is 14.0. The SMILES string of the molecule is CCC1OCCC1CNc1cc([N+](=O)[O-])cc(NN)n1. The number of nitrogens with two attached hydrogens (primary N) is 1. The molecule has 110 valence electrons. The number of aromatic nitrogens is 1. The topological polar surface area (TPSA) is 115 Å². The molecule has 0 saturated carbocycles. The van der Waals surface area contributed by atoms with Crippen molar-refractivity contribution in [1.82, 2.24) is 4.98 Å². The number of hydrazine groups is 1. The van der Waals surface area contributed by atoms with Crippen LogP contribution in [0, 0.1) is 16.0 Å². The third-order valence-electron chi connectivity index (χ3n) is 3.46. The van der Waals surface area contributed by atoms with Gasteiger partial charge in [0.05, 0.1) is 23.2 Å². The average molecular weight is 281 g/mol. The Hall–Kier alpha value is -1.93. The summed E-state index contributed by atoms with van der Waals surface area (Å²) in [5.74, 6) is 6.36. The first-order valence-electron chi connectivity index (χ1n) is 6.62. The number of pyridine rings is 1. The lowest BCUT2D eigenvalue weighted by atomic mass is 10.00. The minimum Gasteiger partial charge on any atom is -0.378 e. The number of rotatable bonds is 6. The van der Waals surface area contributed by atoms with Crippen molar-refractivity contribution in [1.29, 1.82) is 0 Å². The molecule has 20 heavy (non-hydrogen) atoms. The van der Waals surface area contributed by atoms with Crippen molar-refractivity contribution in [2.45, 2.75) is 25.9 Å². The maximum Gasteiger partial charge on any atom is 0.276 e. The van der Waals surface area contributed by atoms with E-state index in [4.69, 9.17) is 10.6 Å². The highest BCUT2D eigenvalue weighted by atomic mass is 16.6. The van der Waals surface area contributed by atoms with E-state index in [2.05, 4.69) is 22.7 Å². The Morgan fingerprint density at radius 1 is 1.55 bits per heavy atom. The summed E-state index contributed by atoms with van der Waals surface area (Å²) >= 11 is 0. The zero-order chi connectivity index (χ0) is 14.5. The second-order valence-corrected chi connectivity index (χ2v) is 4.74. The van der Waals surface area contributed by atoms with Gasteiger partial charge in [0, 0.05) is 19.1 Å². The first-order chi connectivity index (χ1) is 9.63. The molecular formula is C12H19N5O3. The van der Waals surface area contributed by atoms with Gasteiger partial charge in [0.25, 0.3) is 5.69 Å². The molecule has 1 aromatic rings. The second kappa shape index (κ2) is 6.49. The fourth-order valence-electron chi connectivity index (χ4n) is 2.40. The molecule has 1 aliphatic rings. The molecule has 4 N–H and O–H groups in total. The zero-order valence-electron chi connectivity index (χ0n) is 11.3. The van der Waals surface area contributed by atoms with Crippen LogP contribution in [0.4, 0.5) is 17.3 Å². The number of nitro groups is 1. The smallest absolute Gasteiger partial charge is 0.276 e. The van der Waals surface area contributed by atoms with Crippen LogP contribution < -0.4 is 16.6 Å². The van der Waals surface area contributed by atoms with Gasteiger partial charge in [-0.2, -0.15) is 0 Å². The molecule has 1 aliphatic heterocycles.